The number of hydrogen-bond acceptors (Lipinski definition) is 2. The summed E-state index contributed by atoms with van der Waals surface area (Å²) >= 11 is 0. The van der Waals surface area contributed by atoms with Crippen molar-refractivity contribution in [1.82, 2.24) is 0 Å². The molecule has 1 fully saturated rings. The molecular formula is C137H122O2. The van der Waals surface area contributed by atoms with Crippen LogP contribution in [0.1, 0.15) is 191 Å². The fourth-order valence-corrected chi connectivity index (χ4v) is 24.5. The lowest BCUT2D eigenvalue weighted by Gasteiger charge is -2.36. The Kier molecular flexibility index (Phi) is 24.0. The minimum Gasteiger partial charge on any atom is -0.456 e. The molecule has 2 heterocycles. The van der Waals surface area contributed by atoms with Crippen LogP contribution in [0.5, 0.6) is 0 Å². The molecule has 0 atom stereocenters. The maximum absolute atomic E-state index is 6.02. The summed E-state index contributed by atoms with van der Waals surface area (Å²) in [4.78, 5) is 0. The molecule has 5 aliphatic carbocycles. The van der Waals surface area contributed by atoms with Gasteiger partial charge in [-0.2, -0.15) is 0 Å². The topological polar surface area (TPSA) is 26.3 Å². The van der Waals surface area contributed by atoms with E-state index in [9.17, 15) is 0 Å². The Morgan fingerprint density at radius 2 is 0.604 bits per heavy atom. The number of aryl methyl sites for hydroxylation is 8. The highest BCUT2D eigenvalue weighted by molar-refractivity contribution is 6.20. The van der Waals surface area contributed by atoms with E-state index in [1.54, 1.807) is 11.1 Å². The zero-order chi connectivity index (χ0) is 95.6. The number of furan rings is 2. The van der Waals surface area contributed by atoms with Gasteiger partial charge in [-0.1, -0.05) is 465 Å². The van der Waals surface area contributed by atoms with Crippen LogP contribution in [0.25, 0.3) is 131 Å². The van der Waals surface area contributed by atoms with E-state index in [1.165, 1.54) is 248 Å². The highest BCUT2D eigenvalue weighted by Gasteiger charge is 2.46. The Morgan fingerprint density at radius 1 is 0.230 bits per heavy atom. The third kappa shape index (κ3) is 15.8. The molecule has 27 rings (SSSR count). The molecule has 2 aromatic heterocycles. The van der Waals surface area contributed by atoms with Crippen molar-refractivity contribution >= 4 is 87.0 Å². The molecule has 0 amide bonds. The summed E-state index contributed by atoms with van der Waals surface area (Å²) in [5.74, 6) is 0. The zero-order valence-corrected chi connectivity index (χ0v) is 82.8. The normalized spacial score (nSPS) is 14.0. The van der Waals surface area contributed by atoms with Crippen LogP contribution in [0, 0.1) is 55.4 Å². The third-order valence-electron chi connectivity index (χ3n) is 31.5. The van der Waals surface area contributed by atoms with E-state index in [2.05, 4.69) is 509 Å². The summed E-state index contributed by atoms with van der Waals surface area (Å²) in [6.45, 7) is 31.3. The van der Waals surface area contributed by atoms with E-state index in [4.69, 9.17) is 8.83 Å². The monoisotopic (exact) mass is 1800 g/mol. The molecule has 0 radical (unpaired) electrons. The van der Waals surface area contributed by atoms with Crippen molar-refractivity contribution in [2.75, 3.05) is 0 Å². The maximum Gasteiger partial charge on any atom is 0.136 e. The van der Waals surface area contributed by atoms with E-state index >= 15 is 0 Å². The van der Waals surface area contributed by atoms with Gasteiger partial charge >= 0.3 is 0 Å². The van der Waals surface area contributed by atoms with Gasteiger partial charge in [0, 0.05) is 43.2 Å². The van der Waals surface area contributed by atoms with Gasteiger partial charge in [0.25, 0.3) is 0 Å². The molecule has 0 aliphatic heterocycles. The van der Waals surface area contributed by atoms with Crippen molar-refractivity contribution in [3.63, 3.8) is 0 Å². The molecule has 1 saturated carbocycles. The van der Waals surface area contributed by atoms with Crippen molar-refractivity contribution in [3.05, 3.63) is 524 Å². The Hall–Kier alpha value is -15.0. The predicted molar refractivity (Wildman–Crippen MR) is 592 cm³/mol. The van der Waals surface area contributed by atoms with Gasteiger partial charge in [-0.15, -0.1) is 0 Å². The quantitative estimate of drug-likeness (QED) is 0.155. The molecule has 0 unspecified atom stereocenters. The first-order chi connectivity index (χ1) is 67.6. The highest BCUT2D eigenvalue weighted by Crippen LogP contribution is 2.59. The molecule has 22 aromatic rings. The average molecular weight is 1800 g/mol. The SMILES string of the molecule is CCC1(CC)c2ccccc2-c2ccc(C)cc21.Cc1cc2c(c3ccccc13)-c1ccccc1C2(C)C.Cc1ccc(C(c2ccccc2)(c2ccccc2)c2ccccc2)cc1.Cc1ccc2c(c1)C(C)(C)c1ccc3ccccc3c1-2.Cc1ccc2c(c1)C1(CCCC1)c1ccccc1-2.Cc1ccc2c(c1)oc1cc(C)c3ccccc3c12.Cc1ccc2c(c1)oc1ccc3ccccc3c12. The van der Waals surface area contributed by atoms with Gasteiger partial charge in [0.05, 0.1) is 5.41 Å². The van der Waals surface area contributed by atoms with Crippen LogP contribution < -0.4 is 0 Å². The Bertz CT molecular complexity index is 8210. The maximum atomic E-state index is 6.02. The van der Waals surface area contributed by atoms with Crippen LogP contribution >= 0.6 is 0 Å². The van der Waals surface area contributed by atoms with Crippen molar-refractivity contribution in [3.8, 4) is 44.5 Å². The van der Waals surface area contributed by atoms with E-state index in [1.807, 2.05) is 0 Å². The van der Waals surface area contributed by atoms with E-state index in [0.717, 1.165) is 22.3 Å². The first-order valence-electron chi connectivity index (χ1n) is 50.2. The van der Waals surface area contributed by atoms with Crippen LogP contribution in [0.2, 0.25) is 0 Å². The van der Waals surface area contributed by atoms with Gasteiger partial charge in [-0.05, 0) is 282 Å². The summed E-state index contributed by atoms with van der Waals surface area (Å²) in [6, 6.07) is 150. The minimum atomic E-state index is -0.336. The number of fused-ring (bicyclic) bond motifs is 28. The summed E-state index contributed by atoms with van der Waals surface area (Å²) in [5, 5.41) is 15.4. The number of benzene rings is 20. The van der Waals surface area contributed by atoms with Crippen LogP contribution in [0.3, 0.4) is 0 Å². The second-order valence-electron chi connectivity index (χ2n) is 40.7. The van der Waals surface area contributed by atoms with Crippen molar-refractivity contribution in [2.45, 2.75) is 163 Å². The summed E-state index contributed by atoms with van der Waals surface area (Å²) in [7, 11) is 0. The van der Waals surface area contributed by atoms with Crippen LogP contribution in [0.15, 0.2) is 421 Å². The lowest BCUT2D eigenvalue weighted by Crippen LogP contribution is -2.30. The molecule has 139 heavy (non-hydrogen) atoms. The summed E-state index contributed by atoms with van der Waals surface area (Å²) < 4.78 is 12.0. The van der Waals surface area contributed by atoms with Gasteiger partial charge in [0.15, 0.2) is 0 Å². The Morgan fingerprint density at radius 3 is 1.19 bits per heavy atom. The van der Waals surface area contributed by atoms with E-state index in [0.29, 0.717) is 5.41 Å². The Labute approximate surface area is 820 Å². The van der Waals surface area contributed by atoms with Crippen LogP contribution in [-0.2, 0) is 27.1 Å². The average Bonchev–Trinajstić information content (AvgIpc) is 1.62. The molecule has 1 spiro atoms. The van der Waals surface area contributed by atoms with Gasteiger partial charge in [-0.25, -0.2) is 0 Å². The fraction of sp³-hybridized carbons (Fsp3) is 0.182. The van der Waals surface area contributed by atoms with Gasteiger partial charge in [0.1, 0.15) is 22.3 Å². The highest BCUT2D eigenvalue weighted by atomic mass is 16.3. The largest absolute Gasteiger partial charge is 0.456 e. The van der Waals surface area contributed by atoms with Gasteiger partial charge < -0.3 is 8.83 Å². The molecule has 0 saturated heterocycles. The smallest absolute Gasteiger partial charge is 0.136 e. The lowest BCUT2D eigenvalue weighted by molar-refractivity contribution is 0.490. The number of hydrogen-bond donors (Lipinski definition) is 0. The predicted octanol–water partition coefficient (Wildman–Crippen LogP) is 37.6. The number of rotatable bonds is 6. The van der Waals surface area contributed by atoms with Crippen molar-refractivity contribution in [2.24, 2.45) is 0 Å². The van der Waals surface area contributed by atoms with Gasteiger partial charge in [0.2, 0.25) is 0 Å². The molecule has 5 aliphatic rings. The molecule has 20 aromatic carbocycles. The second kappa shape index (κ2) is 36.8. The van der Waals surface area contributed by atoms with E-state index < -0.39 is 0 Å². The standard InChI is InChI=1S/C26H22.2C20H18.C18H14O.C18H18.C18H20.C17H12O/c1-21-17-19-25(20-18-21)26(22-11-5-2-6-12-22,23-13-7-3-8-14-23)24-15-9-4-10-16-24;1-13-12-18-19(15-9-5-4-8-14(13)15)16-10-6-7-11-17(16)20(18,2)3;1-13-8-10-16-18(12-13)20(2,3)17-11-9-14-6-4-5-7-15(14)19(16)17;1-11-7-8-15-16(9-11)19-17-10-12(2)13-5-3-4-6-14(13)18(15)17;1-13-8-9-15-14-6-2-3-7-16(14)18(17(15)12-13)10-4-5-11-18;1-4-18(5-2)16-9-7-6-8-14(16)15-11-10-13(3)12-17(15)18;1-11-6-8-14-16(10-11)18-15-9-7-12-4-2-3-5-13(12)17(14)15/h2-20H,1H3;2*4-12H,1-3H3;3-10H,1-2H3;2-3,6-9,12H,4-5,10-11H2,1H3;6-12H,4-5H2,1-3H3;2-10H,1H3. The zero-order valence-electron chi connectivity index (χ0n) is 82.8. The summed E-state index contributed by atoms with van der Waals surface area (Å²) in [6.07, 6.45) is 7.78. The Balaban J connectivity index is 0.0000000968. The molecule has 0 bridgehead atoms. The van der Waals surface area contributed by atoms with Crippen LogP contribution in [0.4, 0.5) is 0 Å². The molecule has 682 valence electrons. The molecule has 0 N–H and O–H groups in total. The third-order valence-corrected chi connectivity index (χ3v) is 31.5. The molecular weight excluding hydrogens is 1680 g/mol. The summed E-state index contributed by atoms with van der Waals surface area (Å²) in [5.41, 5.74) is 43.6. The molecule has 2 nitrogen and oxygen atoms in total. The minimum absolute atomic E-state index is 0.0979. The van der Waals surface area contributed by atoms with Crippen LogP contribution in [-0.4, -0.2) is 0 Å². The first kappa shape index (κ1) is 90.5. The second-order valence-corrected chi connectivity index (χ2v) is 40.7. The first-order valence-corrected chi connectivity index (χ1v) is 50.2. The van der Waals surface area contributed by atoms with Gasteiger partial charge in [-0.3, -0.25) is 0 Å². The van der Waals surface area contributed by atoms with E-state index in [-0.39, 0.29) is 21.7 Å². The lowest BCUT2D eigenvalue weighted by atomic mass is 9.65. The van der Waals surface area contributed by atoms with Crippen molar-refractivity contribution < 1.29 is 8.83 Å². The molecule has 2 heteroatoms. The fourth-order valence-electron chi connectivity index (χ4n) is 24.5. The van der Waals surface area contributed by atoms with Crippen molar-refractivity contribution in [1.29, 1.82) is 0 Å².